The average Bonchev–Trinajstić information content (AvgIpc) is 3.08. The minimum atomic E-state index is -0.171. The Morgan fingerprint density at radius 2 is 2.00 bits per heavy atom. The topological polar surface area (TPSA) is 96.6 Å². The van der Waals surface area contributed by atoms with Gasteiger partial charge in [-0.2, -0.15) is 0 Å². The second-order valence-corrected chi connectivity index (χ2v) is 6.51. The fraction of sp³-hybridized carbons (Fsp3) is 0.389. The number of nitrogens with zero attached hydrogens (tertiary/aromatic N) is 2. The highest BCUT2D eigenvalue weighted by Crippen LogP contribution is 2.33. The summed E-state index contributed by atoms with van der Waals surface area (Å²) in [5.74, 6) is 1.75. The van der Waals surface area contributed by atoms with Crippen molar-refractivity contribution in [2.24, 2.45) is 0 Å². The monoisotopic (exact) mass is 356 g/mol. The fourth-order valence-electron chi connectivity index (χ4n) is 3.28. The number of amides is 1. The normalized spacial score (nSPS) is 16.6. The molecule has 0 bridgehead atoms. The molecule has 1 saturated heterocycles. The van der Waals surface area contributed by atoms with E-state index in [1.165, 1.54) is 6.07 Å². The first-order valence-electron chi connectivity index (χ1n) is 8.62. The average molecular weight is 356 g/mol. The molecule has 1 fully saturated rings. The molecule has 2 aliphatic heterocycles. The van der Waals surface area contributed by atoms with Crippen molar-refractivity contribution in [2.75, 3.05) is 25.2 Å². The van der Waals surface area contributed by atoms with Crippen LogP contribution < -0.4 is 20.3 Å². The Labute approximate surface area is 150 Å². The maximum Gasteiger partial charge on any atom is 0.253 e. The van der Waals surface area contributed by atoms with Crippen LogP contribution in [0, 0.1) is 6.92 Å². The maximum atomic E-state index is 12.7. The number of piperidine rings is 1. The zero-order valence-electron chi connectivity index (χ0n) is 14.4. The number of carbonyl (C=O) groups excluding carboxylic acids is 1. The van der Waals surface area contributed by atoms with Gasteiger partial charge in [-0.05, 0) is 38.0 Å². The van der Waals surface area contributed by atoms with E-state index < -0.39 is 0 Å². The molecule has 0 atom stereocenters. The van der Waals surface area contributed by atoms with Crippen LogP contribution in [0.4, 0.5) is 5.95 Å². The van der Waals surface area contributed by atoms with Gasteiger partial charge in [0.15, 0.2) is 11.5 Å². The van der Waals surface area contributed by atoms with Crippen molar-refractivity contribution in [1.29, 1.82) is 0 Å². The minimum absolute atomic E-state index is 0.0103. The quantitative estimate of drug-likeness (QED) is 0.866. The van der Waals surface area contributed by atoms with Crippen LogP contribution in [0.5, 0.6) is 11.5 Å². The lowest BCUT2D eigenvalue weighted by Crippen LogP contribution is -2.42. The number of nitrogens with one attached hydrogen (secondary N) is 2. The van der Waals surface area contributed by atoms with E-state index in [1.54, 1.807) is 25.1 Å². The van der Waals surface area contributed by atoms with E-state index in [2.05, 4.69) is 15.3 Å². The van der Waals surface area contributed by atoms with Gasteiger partial charge in [0.2, 0.25) is 12.7 Å². The van der Waals surface area contributed by atoms with E-state index in [-0.39, 0.29) is 24.3 Å². The zero-order chi connectivity index (χ0) is 18.1. The Balaban J connectivity index is 1.37. The predicted octanol–water partition coefficient (Wildman–Crippen LogP) is 1.52. The van der Waals surface area contributed by atoms with Gasteiger partial charge in [0.1, 0.15) is 0 Å². The first kappa shape index (κ1) is 16.4. The minimum Gasteiger partial charge on any atom is -0.454 e. The van der Waals surface area contributed by atoms with Crippen molar-refractivity contribution in [3.8, 4) is 11.5 Å². The van der Waals surface area contributed by atoms with Crippen LogP contribution >= 0.6 is 0 Å². The van der Waals surface area contributed by atoms with Crippen LogP contribution in [0.3, 0.4) is 0 Å². The third kappa shape index (κ3) is 3.35. The molecule has 0 unspecified atom stereocenters. The highest BCUT2D eigenvalue weighted by molar-refractivity contribution is 5.95. The Morgan fingerprint density at radius 1 is 1.23 bits per heavy atom. The molecule has 0 spiro atoms. The predicted molar refractivity (Wildman–Crippen MR) is 94.7 cm³/mol. The second kappa shape index (κ2) is 6.70. The molecule has 0 radical (unpaired) electrons. The molecule has 2 N–H and O–H groups in total. The third-order valence-electron chi connectivity index (χ3n) is 4.61. The number of likely N-dealkylation sites (tertiary alicyclic amines) is 1. The molecule has 8 nitrogen and oxygen atoms in total. The van der Waals surface area contributed by atoms with Crippen molar-refractivity contribution in [2.45, 2.75) is 25.8 Å². The molecule has 1 aromatic carbocycles. The van der Waals surface area contributed by atoms with Gasteiger partial charge in [-0.1, -0.05) is 0 Å². The summed E-state index contributed by atoms with van der Waals surface area (Å²) in [5.41, 5.74) is 1.10. The summed E-state index contributed by atoms with van der Waals surface area (Å²) in [4.78, 5) is 33.0. The number of hydrogen-bond donors (Lipinski definition) is 2. The van der Waals surface area contributed by atoms with E-state index in [9.17, 15) is 9.59 Å². The van der Waals surface area contributed by atoms with Crippen LogP contribution in [0.25, 0.3) is 0 Å². The highest BCUT2D eigenvalue weighted by Gasteiger charge is 2.25. The van der Waals surface area contributed by atoms with Gasteiger partial charge in [0.05, 0.1) is 0 Å². The summed E-state index contributed by atoms with van der Waals surface area (Å²) in [7, 11) is 0. The lowest BCUT2D eigenvalue weighted by Gasteiger charge is -2.32. The zero-order valence-corrected chi connectivity index (χ0v) is 14.4. The van der Waals surface area contributed by atoms with E-state index in [0.717, 1.165) is 12.8 Å². The summed E-state index contributed by atoms with van der Waals surface area (Å²) < 4.78 is 10.6. The number of H-pyrrole nitrogens is 1. The number of aromatic nitrogens is 2. The van der Waals surface area contributed by atoms with E-state index in [0.29, 0.717) is 41.8 Å². The first-order valence-corrected chi connectivity index (χ1v) is 8.62. The smallest absolute Gasteiger partial charge is 0.253 e. The van der Waals surface area contributed by atoms with Crippen LogP contribution in [0.2, 0.25) is 0 Å². The van der Waals surface area contributed by atoms with Gasteiger partial charge >= 0.3 is 0 Å². The van der Waals surface area contributed by atoms with Gasteiger partial charge < -0.3 is 19.7 Å². The Kier molecular flexibility index (Phi) is 4.24. The number of aryl methyl sites for hydroxylation is 1. The summed E-state index contributed by atoms with van der Waals surface area (Å²) in [6.45, 7) is 3.26. The van der Waals surface area contributed by atoms with Gasteiger partial charge in [-0.25, -0.2) is 4.98 Å². The lowest BCUT2D eigenvalue weighted by atomic mass is 10.0. The molecule has 136 valence electrons. The largest absolute Gasteiger partial charge is 0.454 e. The highest BCUT2D eigenvalue weighted by atomic mass is 16.7. The molecule has 4 rings (SSSR count). The molecule has 8 heteroatoms. The standard InChI is InChI=1S/C18H20N4O4/c1-11-8-16(23)21-18(19-11)20-13-4-6-22(7-5-13)17(24)12-2-3-14-15(9-12)26-10-25-14/h2-3,8-9,13H,4-7,10H2,1H3,(H2,19,20,21,23). The fourth-order valence-corrected chi connectivity index (χ4v) is 3.28. The number of rotatable bonds is 3. The van der Waals surface area contributed by atoms with Gasteiger partial charge in [0.25, 0.3) is 11.5 Å². The number of aromatic amines is 1. The molecule has 2 aliphatic rings. The molecule has 3 heterocycles. The van der Waals surface area contributed by atoms with Gasteiger partial charge in [0, 0.05) is 36.5 Å². The lowest BCUT2D eigenvalue weighted by molar-refractivity contribution is 0.0718. The van der Waals surface area contributed by atoms with Crippen molar-refractivity contribution in [3.63, 3.8) is 0 Å². The van der Waals surface area contributed by atoms with Crippen LogP contribution in [-0.4, -0.2) is 46.7 Å². The second-order valence-electron chi connectivity index (χ2n) is 6.51. The number of carbonyl (C=O) groups is 1. The Hall–Kier alpha value is -3.03. The van der Waals surface area contributed by atoms with Gasteiger partial charge in [-0.15, -0.1) is 0 Å². The van der Waals surface area contributed by atoms with Crippen LogP contribution in [-0.2, 0) is 0 Å². The number of anilines is 1. The van der Waals surface area contributed by atoms with E-state index >= 15 is 0 Å². The summed E-state index contributed by atoms with van der Waals surface area (Å²) >= 11 is 0. The molecular formula is C18H20N4O4. The molecule has 1 aromatic heterocycles. The van der Waals surface area contributed by atoms with Crippen molar-refractivity contribution < 1.29 is 14.3 Å². The van der Waals surface area contributed by atoms with Gasteiger partial charge in [-0.3, -0.25) is 14.6 Å². The maximum absolute atomic E-state index is 12.7. The molecular weight excluding hydrogens is 336 g/mol. The number of hydrogen-bond acceptors (Lipinski definition) is 6. The summed E-state index contributed by atoms with van der Waals surface area (Å²) in [5, 5.41) is 3.25. The van der Waals surface area contributed by atoms with E-state index in [1.807, 2.05) is 4.90 Å². The molecule has 0 aliphatic carbocycles. The number of fused-ring (bicyclic) bond motifs is 1. The molecule has 1 amide bonds. The van der Waals surface area contributed by atoms with Crippen molar-refractivity contribution in [3.05, 3.63) is 45.9 Å². The third-order valence-corrected chi connectivity index (χ3v) is 4.61. The van der Waals surface area contributed by atoms with Crippen LogP contribution in [0.1, 0.15) is 28.9 Å². The molecule has 0 saturated carbocycles. The number of benzene rings is 1. The summed E-state index contributed by atoms with van der Waals surface area (Å²) in [6.07, 6.45) is 1.57. The Morgan fingerprint density at radius 3 is 2.77 bits per heavy atom. The summed E-state index contributed by atoms with van der Waals surface area (Å²) in [6, 6.07) is 6.89. The van der Waals surface area contributed by atoms with E-state index in [4.69, 9.17) is 9.47 Å². The van der Waals surface area contributed by atoms with Crippen LogP contribution in [0.15, 0.2) is 29.1 Å². The SMILES string of the molecule is Cc1cc(=O)[nH]c(NC2CCN(C(=O)c3ccc4c(c3)OCO4)CC2)n1. The first-order chi connectivity index (χ1) is 12.6. The molecule has 2 aromatic rings. The molecule has 26 heavy (non-hydrogen) atoms. The van der Waals surface area contributed by atoms with Crippen molar-refractivity contribution >= 4 is 11.9 Å². The Bertz CT molecular complexity index is 887. The number of ether oxygens (including phenoxy) is 2. The van der Waals surface area contributed by atoms with Crippen molar-refractivity contribution in [1.82, 2.24) is 14.9 Å².